The Morgan fingerprint density at radius 2 is 2.38 bits per heavy atom. The van der Waals surface area contributed by atoms with Gasteiger partial charge in [0.2, 0.25) is 0 Å². The molecule has 0 aliphatic heterocycles. The fourth-order valence-corrected chi connectivity index (χ4v) is 1.68. The van der Waals surface area contributed by atoms with Crippen molar-refractivity contribution in [3.8, 4) is 0 Å². The summed E-state index contributed by atoms with van der Waals surface area (Å²) in [6.45, 7) is 1.53. The summed E-state index contributed by atoms with van der Waals surface area (Å²) in [6, 6.07) is 1.84. The molecule has 4 heteroatoms. The molecular formula is C9H7BrN2O. The van der Waals surface area contributed by atoms with E-state index in [2.05, 4.69) is 25.9 Å². The number of aromatic nitrogens is 2. The Bertz CT molecular complexity index is 475. The van der Waals surface area contributed by atoms with Crippen LogP contribution in [0.3, 0.4) is 0 Å². The molecular weight excluding hydrogens is 232 g/mol. The van der Waals surface area contributed by atoms with Crippen LogP contribution in [0.25, 0.3) is 11.0 Å². The van der Waals surface area contributed by atoms with Crippen LogP contribution in [0.15, 0.2) is 22.9 Å². The molecule has 0 aliphatic carbocycles. The van der Waals surface area contributed by atoms with Gasteiger partial charge < -0.3 is 4.98 Å². The van der Waals surface area contributed by atoms with E-state index in [1.807, 2.05) is 6.07 Å². The minimum Gasteiger partial charge on any atom is -0.358 e. The quantitative estimate of drug-likeness (QED) is 0.777. The second-order valence-electron chi connectivity index (χ2n) is 2.77. The minimum absolute atomic E-state index is 0.0249. The Morgan fingerprint density at radius 3 is 3.08 bits per heavy atom. The van der Waals surface area contributed by atoms with Crippen LogP contribution in [0.1, 0.15) is 17.3 Å². The van der Waals surface area contributed by atoms with Gasteiger partial charge in [-0.2, -0.15) is 0 Å². The molecule has 0 saturated heterocycles. The van der Waals surface area contributed by atoms with Crippen molar-refractivity contribution in [3.05, 3.63) is 28.5 Å². The summed E-state index contributed by atoms with van der Waals surface area (Å²) in [5, 5.41) is 0. The van der Waals surface area contributed by atoms with Crippen LogP contribution in [0.5, 0.6) is 0 Å². The monoisotopic (exact) mass is 238 g/mol. The number of halogens is 1. The van der Waals surface area contributed by atoms with Gasteiger partial charge in [0.05, 0.1) is 16.6 Å². The Kier molecular flexibility index (Phi) is 1.92. The second-order valence-corrected chi connectivity index (χ2v) is 3.63. The number of hydrogen-bond donors (Lipinski definition) is 1. The molecule has 1 N–H and O–H groups in total. The van der Waals surface area contributed by atoms with E-state index in [9.17, 15) is 4.79 Å². The fourth-order valence-electron chi connectivity index (χ4n) is 1.26. The maximum Gasteiger partial charge on any atom is 0.163 e. The number of rotatable bonds is 1. The van der Waals surface area contributed by atoms with E-state index in [0.717, 1.165) is 15.5 Å². The average molecular weight is 239 g/mol. The summed E-state index contributed by atoms with van der Waals surface area (Å²) in [6.07, 6.45) is 3.36. The fraction of sp³-hybridized carbons (Fsp3) is 0.111. The third kappa shape index (κ3) is 1.27. The molecule has 0 fully saturated rings. The number of H-pyrrole nitrogens is 1. The number of ketones is 1. The Balaban J connectivity index is 2.83. The zero-order chi connectivity index (χ0) is 9.42. The number of carbonyl (C=O) groups excluding carboxylic acids is 1. The van der Waals surface area contributed by atoms with Crippen LogP contribution in [-0.4, -0.2) is 15.8 Å². The molecule has 2 aromatic rings. The Hall–Kier alpha value is -1.16. The molecule has 0 unspecified atom stereocenters. The lowest BCUT2D eigenvalue weighted by Gasteiger charge is -1.93. The molecule has 13 heavy (non-hydrogen) atoms. The molecule has 2 heterocycles. The number of Topliss-reactive ketones (excluding diaryl/α,β-unsaturated/α-hetero) is 1. The summed E-state index contributed by atoms with van der Waals surface area (Å²) >= 11 is 3.38. The van der Waals surface area contributed by atoms with Crippen LogP contribution in [0.4, 0.5) is 0 Å². The van der Waals surface area contributed by atoms with Crippen LogP contribution < -0.4 is 0 Å². The van der Waals surface area contributed by atoms with Crippen molar-refractivity contribution >= 4 is 32.7 Å². The highest BCUT2D eigenvalue weighted by molar-refractivity contribution is 9.10. The third-order valence-corrected chi connectivity index (χ3v) is 2.56. The first-order chi connectivity index (χ1) is 6.20. The summed E-state index contributed by atoms with van der Waals surface area (Å²) in [5.74, 6) is 0.0249. The highest BCUT2D eigenvalue weighted by Crippen LogP contribution is 2.23. The van der Waals surface area contributed by atoms with Gasteiger partial charge in [-0.1, -0.05) is 0 Å². The predicted molar refractivity (Wildman–Crippen MR) is 53.8 cm³/mol. The van der Waals surface area contributed by atoms with E-state index < -0.39 is 0 Å². The maximum absolute atomic E-state index is 11.2. The molecule has 66 valence electrons. The molecule has 2 rings (SSSR count). The van der Waals surface area contributed by atoms with E-state index in [-0.39, 0.29) is 5.78 Å². The summed E-state index contributed by atoms with van der Waals surface area (Å²) in [7, 11) is 0. The summed E-state index contributed by atoms with van der Waals surface area (Å²) in [5.41, 5.74) is 2.23. The molecule has 0 amide bonds. The molecule has 0 saturated carbocycles. The average Bonchev–Trinajstić information content (AvgIpc) is 2.48. The standard InChI is InChI=1S/C9H7BrN2O/c1-5(13)6-4-12-9-7(10)2-3-11-8(6)9/h2-4,12H,1H3. The molecule has 3 nitrogen and oxygen atoms in total. The van der Waals surface area contributed by atoms with Gasteiger partial charge in [0.25, 0.3) is 0 Å². The minimum atomic E-state index is 0.0249. The predicted octanol–water partition coefficient (Wildman–Crippen LogP) is 2.53. The van der Waals surface area contributed by atoms with Crippen LogP contribution >= 0.6 is 15.9 Å². The van der Waals surface area contributed by atoms with Crippen molar-refractivity contribution < 1.29 is 4.79 Å². The summed E-state index contributed by atoms with van der Waals surface area (Å²) in [4.78, 5) is 18.3. The van der Waals surface area contributed by atoms with Crippen molar-refractivity contribution in [2.75, 3.05) is 0 Å². The first-order valence-electron chi connectivity index (χ1n) is 3.82. The van der Waals surface area contributed by atoms with Crippen molar-refractivity contribution in [2.45, 2.75) is 6.92 Å². The number of nitrogens with one attached hydrogen (secondary N) is 1. The van der Waals surface area contributed by atoms with Crippen LogP contribution in [0, 0.1) is 0 Å². The van der Waals surface area contributed by atoms with Gasteiger partial charge in [0.15, 0.2) is 5.78 Å². The first kappa shape index (κ1) is 8.44. The molecule has 0 radical (unpaired) electrons. The molecule has 0 bridgehead atoms. The van der Waals surface area contributed by atoms with E-state index >= 15 is 0 Å². The van der Waals surface area contributed by atoms with E-state index in [1.165, 1.54) is 6.92 Å². The van der Waals surface area contributed by atoms with Gasteiger partial charge in [0, 0.05) is 16.9 Å². The second kappa shape index (κ2) is 2.96. The van der Waals surface area contributed by atoms with Crippen molar-refractivity contribution in [3.63, 3.8) is 0 Å². The molecule has 0 aromatic carbocycles. The molecule has 2 aromatic heterocycles. The van der Waals surface area contributed by atoms with Gasteiger partial charge in [-0.25, -0.2) is 0 Å². The number of carbonyl (C=O) groups is 1. The SMILES string of the molecule is CC(=O)c1c[nH]c2c(Br)ccnc12. The van der Waals surface area contributed by atoms with Crippen LogP contribution in [-0.2, 0) is 0 Å². The highest BCUT2D eigenvalue weighted by atomic mass is 79.9. The summed E-state index contributed by atoms with van der Waals surface area (Å²) < 4.78 is 0.921. The zero-order valence-corrected chi connectivity index (χ0v) is 8.55. The van der Waals surface area contributed by atoms with Gasteiger partial charge in [-0.05, 0) is 28.9 Å². The molecule has 0 aliphatic rings. The highest BCUT2D eigenvalue weighted by Gasteiger charge is 2.09. The van der Waals surface area contributed by atoms with E-state index in [4.69, 9.17) is 0 Å². The van der Waals surface area contributed by atoms with Crippen molar-refractivity contribution in [2.24, 2.45) is 0 Å². The Morgan fingerprint density at radius 1 is 1.62 bits per heavy atom. The maximum atomic E-state index is 11.2. The lowest BCUT2D eigenvalue weighted by Crippen LogP contribution is -1.90. The van der Waals surface area contributed by atoms with Gasteiger partial charge >= 0.3 is 0 Å². The Labute approximate surface area is 83.3 Å². The topological polar surface area (TPSA) is 45.8 Å². The number of nitrogens with zero attached hydrogens (tertiary/aromatic N) is 1. The van der Waals surface area contributed by atoms with Gasteiger partial charge in [0.1, 0.15) is 0 Å². The zero-order valence-electron chi connectivity index (χ0n) is 6.97. The number of hydrogen-bond acceptors (Lipinski definition) is 2. The third-order valence-electron chi connectivity index (χ3n) is 1.90. The van der Waals surface area contributed by atoms with E-state index in [0.29, 0.717) is 5.56 Å². The van der Waals surface area contributed by atoms with Crippen LogP contribution in [0.2, 0.25) is 0 Å². The normalized spacial score (nSPS) is 10.6. The van der Waals surface area contributed by atoms with E-state index in [1.54, 1.807) is 12.4 Å². The number of fused-ring (bicyclic) bond motifs is 1. The first-order valence-corrected chi connectivity index (χ1v) is 4.62. The number of aromatic amines is 1. The molecule has 0 atom stereocenters. The lowest BCUT2D eigenvalue weighted by atomic mass is 10.2. The largest absolute Gasteiger partial charge is 0.358 e. The molecule has 0 spiro atoms. The lowest BCUT2D eigenvalue weighted by molar-refractivity contribution is 0.101. The van der Waals surface area contributed by atoms with Crippen molar-refractivity contribution in [1.29, 1.82) is 0 Å². The van der Waals surface area contributed by atoms with Gasteiger partial charge in [-0.3, -0.25) is 9.78 Å². The smallest absolute Gasteiger partial charge is 0.163 e. The number of pyridine rings is 1. The van der Waals surface area contributed by atoms with Gasteiger partial charge in [-0.15, -0.1) is 0 Å². The van der Waals surface area contributed by atoms with Crippen molar-refractivity contribution in [1.82, 2.24) is 9.97 Å².